The second-order valence-corrected chi connectivity index (χ2v) is 4.27. The number of rotatable bonds is 4. The number of ether oxygens (including phenoxy) is 2. The third-order valence-corrected chi connectivity index (χ3v) is 2.99. The maximum absolute atomic E-state index is 12.3. The van der Waals surface area contributed by atoms with E-state index in [-0.39, 0.29) is 5.91 Å². The van der Waals surface area contributed by atoms with Crippen molar-refractivity contribution < 1.29 is 14.3 Å². The molecule has 1 saturated heterocycles. The normalized spacial score (nSPS) is 17.3. The molecule has 4 heteroatoms. The SMILES string of the molecule is CC[C@H](Oc1ccccc1)C(=O)N1CCOCC1. The first-order valence-electron chi connectivity index (χ1n) is 6.39. The zero-order chi connectivity index (χ0) is 12.8. The van der Waals surface area contributed by atoms with E-state index in [2.05, 4.69) is 0 Å². The lowest BCUT2D eigenvalue weighted by Gasteiger charge is -2.30. The number of carbonyl (C=O) groups is 1. The van der Waals surface area contributed by atoms with Crippen molar-refractivity contribution in [2.24, 2.45) is 0 Å². The van der Waals surface area contributed by atoms with Gasteiger partial charge < -0.3 is 14.4 Å². The summed E-state index contributed by atoms with van der Waals surface area (Å²) in [6, 6.07) is 9.48. The monoisotopic (exact) mass is 249 g/mol. The summed E-state index contributed by atoms with van der Waals surface area (Å²) in [5.74, 6) is 0.801. The highest BCUT2D eigenvalue weighted by Gasteiger charge is 2.25. The van der Waals surface area contributed by atoms with Crippen LogP contribution in [0.4, 0.5) is 0 Å². The second kappa shape index (κ2) is 6.40. The molecule has 0 saturated carbocycles. The fourth-order valence-electron chi connectivity index (χ4n) is 1.96. The van der Waals surface area contributed by atoms with Crippen molar-refractivity contribution in [3.8, 4) is 5.75 Å². The van der Waals surface area contributed by atoms with E-state index < -0.39 is 6.10 Å². The smallest absolute Gasteiger partial charge is 0.263 e. The van der Waals surface area contributed by atoms with Gasteiger partial charge in [-0.15, -0.1) is 0 Å². The molecule has 98 valence electrons. The summed E-state index contributed by atoms with van der Waals surface area (Å²) in [4.78, 5) is 14.1. The van der Waals surface area contributed by atoms with Gasteiger partial charge in [0.25, 0.3) is 5.91 Å². The topological polar surface area (TPSA) is 38.8 Å². The van der Waals surface area contributed by atoms with E-state index in [1.807, 2.05) is 42.2 Å². The molecule has 1 atom stereocenters. The van der Waals surface area contributed by atoms with Gasteiger partial charge in [-0.25, -0.2) is 0 Å². The van der Waals surface area contributed by atoms with Gasteiger partial charge in [0.15, 0.2) is 6.10 Å². The molecule has 1 aromatic carbocycles. The first kappa shape index (κ1) is 12.9. The molecular formula is C14H19NO3. The Balaban J connectivity index is 1.97. The lowest BCUT2D eigenvalue weighted by molar-refractivity contribution is -0.142. The van der Waals surface area contributed by atoms with Crippen molar-refractivity contribution >= 4 is 5.91 Å². The van der Waals surface area contributed by atoms with E-state index in [0.717, 1.165) is 5.75 Å². The predicted octanol–water partition coefficient (Wildman–Crippen LogP) is 1.70. The first-order valence-corrected chi connectivity index (χ1v) is 6.39. The summed E-state index contributed by atoms with van der Waals surface area (Å²) in [6.07, 6.45) is 0.274. The number of amides is 1. The van der Waals surface area contributed by atoms with Crippen molar-refractivity contribution in [3.63, 3.8) is 0 Å². The molecule has 18 heavy (non-hydrogen) atoms. The minimum Gasteiger partial charge on any atom is -0.481 e. The van der Waals surface area contributed by atoms with E-state index in [1.54, 1.807) is 0 Å². The van der Waals surface area contributed by atoms with Crippen molar-refractivity contribution in [1.29, 1.82) is 0 Å². The fourth-order valence-corrected chi connectivity index (χ4v) is 1.96. The first-order chi connectivity index (χ1) is 8.81. The van der Waals surface area contributed by atoms with Gasteiger partial charge in [-0.3, -0.25) is 4.79 Å². The van der Waals surface area contributed by atoms with Crippen LogP contribution in [0.25, 0.3) is 0 Å². The quantitative estimate of drug-likeness (QED) is 0.815. The standard InChI is InChI=1S/C14H19NO3/c1-2-13(18-12-6-4-3-5-7-12)14(16)15-8-10-17-11-9-15/h3-7,13H,2,8-11H2,1H3/t13-/m0/s1. The molecule has 4 nitrogen and oxygen atoms in total. The molecule has 1 amide bonds. The number of carbonyl (C=O) groups excluding carboxylic acids is 1. The molecular weight excluding hydrogens is 230 g/mol. The third-order valence-electron chi connectivity index (χ3n) is 2.99. The van der Waals surface area contributed by atoms with Crippen LogP contribution in [-0.4, -0.2) is 43.2 Å². The minimum absolute atomic E-state index is 0.0599. The summed E-state index contributed by atoms with van der Waals surface area (Å²) in [5, 5.41) is 0. The van der Waals surface area contributed by atoms with Gasteiger partial charge in [0.1, 0.15) is 5.75 Å². The maximum Gasteiger partial charge on any atom is 0.263 e. The molecule has 0 spiro atoms. The fraction of sp³-hybridized carbons (Fsp3) is 0.500. The Hall–Kier alpha value is -1.55. The zero-order valence-corrected chi connectivity index (χ0v) is 10.7. The van der Waals surface area contributed by atoms with E-state index in [9.17, 15) is 4.79 Å². The number of nitrogens with zero attached hydrogens (tertiary/aromatic N) is 1. The molecule has 0 aromatic heterocycles. The Morgan fingerprint density at radius 2 is 2.00 bits per heavy atom. The van der Waals surface area contributed by atoms with Crippen LogP contribution in [0.3, 0.4) is 0 Å². The summed E-state index contributed by atoms with van der Waals surface area (Å²) in [7, 11) is 0. The number of hydrogen-bond donors (Lipinski definition) is 0. The Morgan fingerprint density at radius 3 is 2.61 bits per heavy atom. The van der Waals surface area contributed by atoms with Crippen LogP contribution < -0.4 is 4.74 Å². The largest absolute Gasteiger partial charge is 0.481 e. The average molecular weight is 249 g/mol. The van der Waals surface area contributed by atoms with Gasteiger partial charge in [0.2, 0.25) is 0 Å². The van der Waals surface area contributed by atoms with Gasteiger partial charge in [0, 0.05) is 13.1 Å². The lowest BCUT2D eigenvalue weighted by atomic mass is 10.2. The van der Waals surface area contributed by atoms with Crippen LogP contribution in [0.2, 0.25) is 0 Å². The lowest BCUT2D eigenvalue weighted by Crippen LogP contribution is -2.47. The number of para-hydroxylation sites is 1. The van der Waals surface area contributed by atoms with Gasteiger partial charge in [-0.1, -0.05) is 25.1 Å². The maximum atomic E-state index is 12.3. The number of benzene rings is 1. The summed E-state index contributed by atoms with van der Waals surface area (Å²) < 4.78 is 11.0. The van der Waals surface area contributed by atoms with Crippen molar-refractivity contribution in [2.75, 3.05) is 26.3 Å². The van der Waals surface area contributed by atoms with Crippen molar-refractivity contribution in [2.45, 2.75) is 19.4 Å². The zero-order valence-electron chi connectivity index (χ0n) is 10.7. The molecule has 1 aliphatic heterocycles. The average Bonchev–Trinajstić information content (AvgIpc) is 2.46. The molecule has 0 radical (unpaired) electrons. The van der Waals surface area contributed by atoms with Gasteiger partial charge in [-0.05, 0) is 18.6 Å². The highest BCUT2D eigenvalue weighted by Crippen LogP contribution is 2.14. The molecule has 0 bridgehead atoms. The molecule has 1 aliphatic rings. The van der Waals surface area contributed by atoms with Crippen molar-refractivity contribution in [1.82, 2.24) is 4.90 Å². The van der Waals surface area contributed by atoms with E-state index in [1.165, 1.54) is 0 Å². The molecule has 2 rings (SSSR count). The van der Waals surface area contributed by atoms with E-state index >= 15 is 0 Å². The van der Waals surface area contributed by atoms with Crippen LogP contribution in [0.1, 0.15) is 13.3 Å². The Kier molecular flexibility index (Phi) is 4.59. The number of hydrogen-bond acceptors (Lipinski definition) is 3. The van der Waals surface area contributed by atoms with E-state index in [0.29, 0.717) is 32.7 Å². The number of morpholine rings is 1. The van der Waals surface area contributed by atoms with Gasteiger partial charge in [0.05, 0.1) is 13.2 Å². The Morgan fingerprint density at radius 1 is 1.33 bits per heavy atom. The van der Waals surface area contributed by atoms with Crippen molar-refractivity contribution in [3.05, 3.63) is 30.3 Å². The van der Waals surface area contributed by atoms with Gasteiger partial charge in [-0.2, -0.15) is 0 Å². The van der Waals surface area contributed by atoms with Crippen LogP contribution in [0.15, 0.2) is 30.3 Å². The van der Waals surface area contributed by atoms with Crippen LogP contribution in [0.5, 0.6) is 5.75 Å². The molecule has 0 N–H and O–H groups in total. The molecule has 0 unspecified atom stereocenters. The highest BCUT2D eigenvalue weighted by molar-refractivity contribution is 5.81. The van der Waals surface area contributed by atoms with Gasteiger partial charge >= 0.3 is 0 Å². The molecule has 1 aromatic rings. The molecule has 1 fully saturated rings. The Labute approximate surface area is 107 Å². The summed E-state index contributed by atoms with van der Waals surface area (Å²) in [6.45, 7) is 4.52. The summed E-state index contributed by atoms with van der Waals surface area (Å²) in [5.41, 5.74) is 0. The predicted molar refractivity (Wildman–Crippen MR) is 68.5 cm³/mol. The van der Waals surface area contributed by atoms with Crippen LogP contribution in [-0.2, 0) is 9.53 Å². The second-order valence-electron chi connectivity index (χ2n) is 4.27. The third kappa shape index (κ3) is 3.23. The highest BCUT2D eigenvalue weighted by atomic mass is 16.5. The molecule has 0 aliphatic carbocycles. The summed E-state index contributed by atoms with van der Waals surface area (Å²) >= 11 is 0. The Bertz CT molecular complexity index is 374. The van der Waals surface area contributed by atoms with Crippen LogP contribution in [0, 0.1) is 0 Å². The van der Waals surface area contributed by atoms with Crippen LogP contribution >= 0.6 is 0 Å². The molecule has 1 heterocycles. The van der Waals surface area contributed by atoms with E-state index in [4.69, 9.17) is 9.47 Å². The minimum atomic E-state index is -0.398.